The monoisotopic (exact) mass is 356 g/mol. The van der Waals surface area contributed by atoms with E-state index in [-0.39, 0.29) is 6.61 Å². The molecule has 0 heterocycles. The second-order valence-corrected chi connectivity index (χ2v) is 12.6. The zero-order chi connectivity index (χ0) is 16.9. The van der Waals surface area contributed by atoms with Crippen LogP contribution in [0.25, 0.3) is 0 Å². The number of benzene rings is 3. The van der Waals surface area contributed by atoms with Crippen molar-refractivity contribution in [3.05, 3.63) is 91.0 Å². The van der Waals surface area contributed by atoms with Gasteiger partial charge >= 0.3 is 148 Å². The standard InChI is InChI=1S/C21H22ClOP/c22-24(18-10-17-23,19-11-4-1-5-12-19,20-13-6-2-7-14-20)21-15-8-3-9-16-21/h1-9,11-16,23H,10,17-18H2. The van der Waals surface area contributed by atoms with Gasteiger partial charge in [-0.15, -0.1) is 0 Å². The van der Waals surface area contributed by atoms with E-state index in [4.69, 9.17) is 11.2 Å². The first-order valence-electron chi connectivity index (χ1n) is 8.20. The molecular weight excluding hydrogens is 335 g/mol. The van der Waals surface area contributed by atoms with Gasteiger partial charge in [-0.05, 0) is 0 Å². The molecule has 0 bridgehead atoms. The second kappa shape index (κ2) is 7.07. The van der Waals surface area contributed by atoms with Crippen molar-refractivity contribution in [1.82, 2.24) is 0 Å². The zero-order valence-corrected chi connectivity index (χ0v) is 15.2. The Bertz CT molecular complexity index is 675. The molecule has 1 N–H and O–H groups in total. The van der Waals surface area contributed by atoms with Crippen LogP contribution in [-0.4, -0.2) is 17.9 Å². The summed E-state index contributed by atoms with van der Waals surface area (Å²) in [6.45, 7) is 0.136. The van der Waals surface area contributed by atoms with Gasteiger partial charge in [0.05, 0.1) is 0 Å². The normalized spacial score (nSPS) is 13.2. The van der Waals surface area contributed by atoms with E-state index in [1.54, 1.807) is 0 Å². The molecule has 1 nitrogen and oxygen atoms in total. The van der Waals surface area contributed by atoms with Gasteiger partial charge < -0.3 is 0 Å². The van der Waals surface area contributed by atoms with Crippen LogP contribution in [0.1, 0.15) is 6.42 Å². The first-order valence-corrected chi connectivity index (χ1v) is 11.5. The van der Waals surface area contributed by atoms with E-state index in [1.165, 1.54) is 0 Å². The van der Waals surface area contributed by atoms with E-state index < -0.39 is 5.96 Å². The van der Waals surface area contributed by atoms with Crippen LogP contribution in [0, 0.1) is 0 Å². The van der Waals surface area contributed by atoms with Crippen molar-refractivity contribution in [3.63, 3.8) is 0 Å². The number of hydrogen-bond acceptors (Lipinski definition) is 1. The van der Waals surface area contributed by atoms with E-state index in [0.29, 0.717) is 6.42 Å². The molecule has 0 fully saturated rings. The van der Waals surface area contributed by atoms with Crippen molar-refractivity contribution in [2.45, 2.75) is 6.42 Å². The summed E-state index contributed by atoms with van der Waals surface area (Å²) in [6, 6.07) is 31.1. The molecule has 0 aliphatic rings. The Hall–Kier alpha value is -1.66. The van der Waals surface area contributed by atoms with Crippen molar-refractivity contribution in [1.29, 1.82) is 0 Å². The van der Waals surface area contributed by atoms with Crippen molar-refractivity contribution >= 4 is 33.1 Å². The Kier molecular flexibility index (Phi) is 5.06. The fraction of sp³-hybridized carbons (Fsp3) is 0.143. The van der Waals surface area contributed by atoms with Gasteiger partial charge in [-0.25, -0.2) is 0 Å². The zero-order valence-electron chi connectivity index (χ0n) is 13.6. The molecule has 124 valence electrons. The van der Waals surface area contributed by atoms with Gasteiger partial charge in [0.2, 0.25) is 0 Å². The van der Waals surface area contributed by atoms with Crippen LogP contribution in [0.2, 0.25) is 0 Å². The Morgan fingerprint density at radius 3 is 1.25 bits per heavy atom. The van der Waals surface area contributed by atoms with E-state index in [0.717, 1.165) is 22.1 Å². The van der Waals surface area contributed by atoms with Crippen LogP contribution >= 0.6 is 17.2 Å². The molecule has 0 radical (unpaired) electrons. The molecule has 0 aromatic heterocycles. The Balaban J connectivity index is 2.37. The van der Waals surface area contributed by atoms with Crippen molar-refractivity contribution in [3.8, 4) is 0 Å². The summed E-state index contributed by atoms with van der Waals surface area (Å²) in [5.41, 5.74) is 0. The van der Waals surface area contributed by atoms with Gasteiger partial charge in [-0.2, -0.15) is 0 Å². The van der Waals surface area contributed by atoms with E-state index >= 15 is 0 Å². The van der Waals surface area contributed by atoms with Gasteiger partial charge in [0, 0.05) is 0 Å². The molecule has 0 atom stereocenters. The summed E-state index contributed by atoms with van der Waals surface area (Å²) in [7, 11) is 0. The maximum atomic E-state index is 9.55. The van der Waals surface area contributed by atoms with Crippen LogP contribution in [-0.2, 0) is 0 Å². The molecule has 24 heavy (non-hydrogen) atoms. The Morgan fingerprint density at radius 2 is 0.958 bits per heavy atom. The number of aliphatic hydroxyl groups is 1. The van der Waals surface area contributed by atoms with Crippen molar-refractivity contribution < 1.29 is 5.11 Å². The molecule has 0 amide bonds. The first-order chi connectivity index (χ1) is 11.7. The molecule has 0 saturated carbocycles. The molecule has 0 unspecified atom stereocenters. The molecule has 3 aromatic rings. The SMILES string of the molecule is OCCCP(Cl)(c1ccccc1)(c1ccccc1)c1ccccc1. The van der Waals surface area contributed by atoms with Crippen LogP contribution < -0.4 is 15.9 Å². The van der Waals surface area contributed by atoms with Gasteiger partial charge in [-0.1, -0.05) is 0 Å². The third kappa shape index (κ3) is 2.78. The maximum absolute atomic E-state index is 9.55. The fourth-order valence-corrected chi connectivity index (χ4v) is 9.58. The Labute approximate surface area is 148 Å². The van der Waals surface area contributed by atoms with Gasteiger partial charge in [0.25, 0.3) is 0 Å². The number of rotatable bonds is 6. The minimum absolute atomic E-state index is 0.136. The first kappa shape index (κ1) is 17.2. The summed E-state index contributed by atoms with van der Waals surface area (Å²) in [5.74, 6) is -3.14. The predicted molar refractivity (Wildman–Crippen MR) is 108 cm³/mol. The molecule has 3 aromatic carbocycles. The third-order valence-electron chi connectivity index (χ3n) is 4.62. The topological polar surface area (TPSA) is 20.2 Å². The van der Waals surface area contributed by atoms with Gasteiger partial charge in [0.15, 0.2) is 0 Å². The summed E-state index contributed by atoms with van der Waals surface area (Å²) < 4.78 is 0. The molecular formula is C21H22ClOP. The molecule has 3 heteroatoms. The summed E-state index contributed by atoms with van der Waals surface area (Å²) >= 11 is 7.77. The van der Waals surface area contributed by atoms with Crippen LogP contribution in [0.15, 0.2) is 91.0 Å². The summed E-state index contributed by atoms with van der Waals surface area (Å²) in [4.78, 5) is 0. The average Bonchev–Trinajstić information content (AvgIpc) is 2.68. The number of aliphatic hydroxyl groups excluding tert-OH is 1. The minimum atomic E-state index is -3.14. The van der Waals surface area contributed by atoms with Crippen LogP contribution in [0.4, 0.5) is 0 Å². The van der Waals surface area contributed by atoms with E-state index in [1.807, 2.05) is 54.6 Å². The fourth-order valence-electron chi connectivity index (χ4n) is 3.42. The van der Waals surface area contributed by atoms with Gasteiger partial charge in [-0.3, -0.25) is 0 Å². The van der Waals surface area contributed by atoms with E-state index in [2.05, 4.69) is 36.4 Å². The van der Waals surface area contributed by atoms with Crippen molar-refractivity contribution in [2.75, 3.05) is 12.8 Å². The molecule has 0 saturated heterocycles. The van der Waals surface area contributed by atoms with Crippen molar-refractivity contribution in [2.24, 2.45) is 0 Å². The van der Waals surface area contributed by atoms with Crippen LogP contribution in [0.5, 0.6) is 0 Å². The second-order valence-electron chi connectivity index (χ2n) is 5.99. The molecule has 3 rings (SSSR count). The molecule has 0 aliphatic carbocycles. The molecule has 0 spiro atoms. The van der Waals surface area contributed by atoms with E-state index in [9.17, 15) is 5.11 Å². The van der Waals surface area contributed by atoms with Crippen LogP contribution in [0.3, 0.4) is 0 Å². The summed E-state index contributed by atoms with van der Waals surface area (Å²) in [6.07, 6.45) is 1.40. The molecule has 0 aliphatic heterocycles. The summed E-state index contributed by atoms with van der Waals surface area (Å²) in [5, 5.41) is 13.0. The van der Waals surface area contributed by atoms with Gasteiger partial charge in [0.1, 0.15) is 0 Å². The average molecular weight is 357 g/mol. The predicted octanol–water partition coefficient (Wildman–Crippen LogP) is 4.05. The Morgan fingerprint density at radius 1 is 0.625 bits per heavy atom. The third-order valence-corrected chi connectivity index (χ3v) is 12.2. The quantitative estimate of drug-likeness (QED) is 0.660. The number of hydrogen-bond donors (Lipinski definition) is 1. The number of halogens is 1.